The molecule has 6 heteroatoms. The average Bonchev–Trinajstić information content (AvgIpc) is 3.26. The Balaban J connectivity index is 1.45. The summed E-state index contributed by atoms with van der Waals surface area (Å²) in [5, 5.41) is 5.89. The second-order valence-corrected chi connectivity index (χ2v) is 8.61. The van der Waals surface area contributed by atoms with Gasteiger partial charge < -0.3 is 15.4 Å². The van der Waals surface area contributed by atoms with Crippen molar-refractivity contribution in [2.24, 2.45) is 5.92 Å². The van der Waals surface area contributed by atoms with Crippen LogP contribution < -0.4 is 10.6 Å². The molecular weight excluding hydrogens is 380 g/mol. The van der Waals surface area contributed by atoms with Gasteiger partial charge in [-0.25, -0.2) is 0 Å². The van der Waals surface area contributed by atoms with Crippen LogP contribution in [0.2, 0.25) is 0 Å². The van der Waals surface area contributed by atoms with Crippen LogP contribution in [0.5, 0.6) is 0 Å². The molecule has 2 N–H and O–H groups in total. The van der Waals surface area contributed by atoms with E-state index in [4.69, 9.17) is 4.74 Å². The first-order valence-corrected chi connectivity index (χ1v) is 11.4. The van der Waals surface area contributed by atoms with Crippen LogP contribution in [0.4, 0.5) is 5.69 Å². The van der Waals surface area contributed by atoms with Gasteiger partial charge in [-0.05, 0) is 69.1 Å². The molecule has 0 bridgehead atoms. The van der Waals surface area contributed by atoms with E-state index in [2.05, 4.69) is 10.6 Å². The fraction of sp³-hybridized carbons (Fsp3) is 0.625. The molecule has 2 amide bonds. The summed E-state index contributed by atoms with van der Waals surface area (Å²) in [5.41, 5.74) is 2.11. The second-order valence-electron chi connectivity index (χ2n) is 8.61. The van der Waals surface area contributed by atoms with E-state index in [1.54, 1.807) is 12.1 Å². The minimum Gasteiger partial charge on any atom is -0.368 e. The SMILES string of the molecule is Cc1ccc(C(=O)NCCCC2CCCCC(=O)CC2)cc1NC(=O)C1CCCO1. The third-order valence-corrected chi connectivity index (χ3v) is 6.20. The molecule has 1 aromatic carbocycles. The first kappa shape index (κ1) is 22.5. The number of amides is 2. The molecule has 1 aromatic rings. The number of Topliss-reactive ketones (excluding diaryl/α,β-unsaturated/α-hetero) is 1. The van der Waals surface area contributed by atoms with Gasteiger partial charge in [0.15, 0.2) is 0 Å². The minimum atomic E-state index is -0.398. The number of hydrogen-bond acceptors (Lipinski definition) is 4. The summed E-state index contributed by atoms with van der Waals surface area (Å²) in [6, 6.07) is 5.37. The second kappa shape index (κ2) is 11.3. The molecule has 6 nitrogen and oxygen atoms in total. The van der Waals surface area contributed by atoms with Crippen LogP contribution in [0.25, 0.3) is 0 Å². The van der Waals surface area contributed by atoms with E-state index in [1.165, 1.54) is 6.42 Å². The zero-order chi connectivity index (χ0) is 21.3. The van der Waals surface area contributed by atoms with Gasteiger partial charge in [-0.15, -0.1) is 0 Å². The maximum atomic E-state index is 12.6. The van der Waals surface area contributed by atoms with Gasteiger partial charge in [0.05, 0.1) is 0 Å². The molecule has 3 rings (SSSR count). The van der Waals surface area contributed by atoms with E-state index in [0.717, 1.165) is 56.9 Å². The number of carbonyl (C=O) groups is 3. The van der Waals surface area contributed by atoms with Gasteiger partial charge in [0.1, 0.15) is 11.9 Å². The van der Waals surface area contributed by atoms with E-state index >= 15 is 0 Å². The van der Waals surface area contributed by atoms with Crippen LogP contribution in [0.15, 0.2) is 18.2 Å². The van der Waals surface area contributed by atoms with Crippen molar-refractivity contribution in [3.8, 4) is 0 Å². The highest BCUT2D eigenvalue weighted by molar-refractivity contribution is 5.99. The Morgan fingerprint density at radius 1 is 1.10 bits per heavy atom. The zero-order valence-electron chi connectivity index (χ0n) is 18.0. The summed E-state index contributed by atoms with van der Waals surface area (Å²) in [7, 11) is 0. The molecule has 1 heterocycles. The number of anilines is 1. The molecule has 0 radical (unpaired) electrons. The van der Waals surface area contributed by atoms with E-state index in [0.29, 0.717) is 42.5 Å². The normalized spacial score (nSPS) is 22.2. The number of rotatable bonds is 7. The molecule has 2 aliphatic rings. The van der Waals surface area contributed by atoms with Crippen LogP contribution >= 0.6 is 0 Å². The highest BCUT2D eigenvalue weighted by Gasteiger charge is 2.24. The molecule has 2 atom stereocenters. The number of carbonyl (C=O) groups excluding carboxylic acids is 3. The Bertz CT molecular complexity index is 756. The van der Waals surface area contributed by atoms with E-state index in [-0.39, 0.29) is 11.8 Å². The lowest BCUT2D eigenvalue weighted by molar-refractivity contribution is -0.124. The predicted octanol–water partition coefficient (Wildman–Crippen LogP) is 4.16. The van der Waals surface area contributed by atoms with Crippen molar-refractivity contribution in [2.75, 3.05) is 18.5 Å². The molecule has 0 spiro atoms. The lowest BCUT2D eigenvalue weighted by Crippen LogP contribution is -2.28. The van der Waals surface area contributed by atoms with Crippen LogP contribution in [0.3, 0.4) is 0 Å². The fourth-order valence-corrected chi connectivity index (χ4v) is 4.27. The Morgan fingerprint density at radius 2 is 1.97 bits per heavy atom. The number of hydrogen-bond donors (Lipinski definition) is 2. The van der Waals surface area contributed by atoms with Crippen molar-refractivity contribution in [1.82, 2.24) is 5.32 Å². The number of aryl methyl sites for hydroxylation is 1. The van der Waals surface area contributed by atoms with Gasteiger partial charge in [-0.2, -0.15) is 0 Å². The Morgan fingerprint density at radius 3 is 2.77 bits per heavy atom. The first-order valence-electron chi connectivity index (χ1n) is 11.4. The lowest BCUT2D eigenvalue weighted by Gasteiger charge is -2.19. The summed E-state index contributed by atoms with van der Waals surface area (Å²) in [4.78, 5) is 36.5. The summed E-state index contributed by atoms with van der Waals surface area (Å²) in [6.45, 7) is 3.15. The van der Waals surface area contributed by atoms with Gasteiger partial charge in [-0.1, -0.05) is 18.9 Å². The van der Waals surface area contributed by atoms with Crippen molar-refractivity contribution in [1.29, 1.82) is 0 Å². The van der Waals surface area contributed by atoms with Crippen molar-refractivity contribution in [2.45, 2.75) is 77.2 Å². The van der Waals surface area contributed by atoms with Gasteiger partial charge in [0, 0.05) is 37.2 Å². The van der Waals surface area contributed by atoms with Gasteiger partial charge >= 0.3 is 0 Å². The number of ketones is 1. The van der Waals surface area contributed by atoms with E-state index in [9.17, 15) is 14.4 Å². The fourth-order valence-electron chi connectivity index (χ4n) is 4.27. The molecule has 1 saturated carbocycles. The number of nitrogens with one attached hydrogen (secondary N) is 2. The quantitative estimate of drug-likeness (QED) is 0.656. The van der Waals surface area contributed by atoms with E-state index < -0.39 is 6.10 Å². The molecule has 30 heavy (non-hydrogen) atoms. The smallest absolute Gasteiger partial charge is 0.253 e. The third-order valence-electron chi connectivity index (χ3n) is 6.20. The van der Waals surface area contributed by atoms with Gasteiger partial charge in [-0.3, -0.25) is 14.4 Å². The summed E-state index contributed by atoms with van der Waals surface area (Å²) < 4.78 is 5.43. The molecule has 1 saturated heterocycles. The first-order chi connectivity index (χ1) is 14.5. The van der Waals surface area contributed by atoms with Gasteiger partial charge in [0.2, 0.25) is 0 Å². The van der Waals surface area contributed by atoms with Gasteiger partial charge in [0.25, 0.3) is 11.8 Å². The molecule has 2 unspecified atom stereocenters. The summed E-state index contributed by atoms with van der Waals surface area (Å²) >= 11 is 0. The predicted molar refractivity (Wildman–Crippen MR) is 117 cm³/mol. The Labute approximate surface area is 179 Å². The maximum absolute atomic E-state index is 12.6. The average molecular weight is 415 g/mol. The Kier molecular flexibility index (Phi) is 8.43. The standard InChI is InChI=1S/C24H34N2O4/c1-17-10-12-19(16-21(17)26-24(29)22-9-5-15-30-22)23(28)25-14-4-7-18-6-2-3-8-20(27)13-11-18/h10,12,16,18,22H,2-9,11,13-15H2,1H3,(H,25,28)(H,26,29). The van der Waals surface area contributed by atoms with Crippen LogP contribution in [-0.2, 0) is 14.3 Å². The highest BCUT2D eigenvalue weighted by Crippen LogP contribution is 2.24. The van der Waals surface area contributed by atoms with Crippen molar-refractivity contribution in [3.63, 3.8) is 0 Å². The Hall–Kier alpha value is -2.21. The topological polar surface area (TPSA) is 84.5 Å². The highest BCUT2D eigenvalue weighted by atomic mass is 16.5. The maximum Gasteiger partial charge on any atom is 0.253 e. The van der Waals surface area contributed by atoms with E-state index in [1.807, 2.05) is 13.0 Å². The van der Waals surface area contributed by atoms with Crippen molar-refractivity contribution in [3.05, 3.63) is 29.3 Å². The van der Waals surface area contributed by atoms with Crippen molar-refractivity contribution >= 4 is 23.3 Å². The largest absolute Gasteiger partial charge is 0.368 e. The van der Waals surface area contributed by atoms with Crippen LogP contribution in [0.1, 0.15) is 80.1 Å². The lowest BCUT2D eigenvalue weighted by atomic mass is 9.87. The van der Waals surface area contributed by atoms with Crippen molar-refractivity contribution < 1.29 is 19.1 Å². The van der Waals surface area contributed by atoms with Crippen LogP contribution in [0, 0.1) is 12.8 Å². The summed E-state index contributed by atoms with van der Waals surface area (Å²) in [6.07, 6.45) is 8.98. The molecule has 0 aromatic heterocycles. The molecule has 164 valence electrons. The monoisotopic (exact) mass is 414 g/mol. The molecule has 2 fully saturated rings. The summed E-state index contributed by atoms with van der Waals surface area (Å²) in [5.74, 6) is 0.709. The van der Waals surface area contributed by atoms with Crippen LogP contribution in [-0.4, -0.2) is 36.9 Å². The molecule has 1 aliphatic heterocycles. The molecule has 1 aliphatic carbocycles. The molecular formula is C24H34N2O4. The number of ether oxygens (including phenoxy) is 1. The minimum absolute atomic E-state index is 0.129. The number of benzene rings is 1. The zero-order valence-corrected chi connectivity index (χ0v) is 18.0. The third kappa shape index (κ3) is 6.66.